The van der Waals surface area contributed by atoms with Crippen LogP contribution in [-0.4, -0.2) is 60.7 Å². The fourth-order valence-electron chi connectivity index (χ4n) is 3.23. The summed E-state index contributed by atoms with van der Waals surface area (Å²) in [7, 11) is -3.48. The summed E-state index contributed by atoms with van der Waals surface area (Å²) in [6.45, 7) is 2.21. The Balaban J connectivity index is 1.56. The number of hydrogen-bond donors (Lipinski definition) is 1. The fourth-order valence-corrected chi connectivity index (χ4v) is 5.60. The number of amides is 2. The molecule has 2 amide bonds. The molecule has 0 spiro atoms. The van der Waals surface area contributed by atoms with E-state index in [9.17, 15) is 18.0 Å². The molecule has 9 heteroatoms. The molecule has 2 aliphatic heterocycles. The van der Waals surface area contributed by atoms with Crippen molar-refractivity contribution >= 4 is 38.6 Å². The number of nitrogens with zero attached hydrogens (tertiary/aromatic N) is 2. The monoisotopic (exact) mass is 411 g/mol. The smallest absolute Gasteiger partial charge is 0.281 e. The van der Waals surface area contributed by atoms with Crippen LogP contribution in [0, 0.1) is 0 Å². The highest BCUT2D eigenvalue weighted by Crippen LogP contribution is 2.22. The Bertz CT molecular complexity index is 772. The number of carbonyl (C=O) groups excluding carboxylic acids is 2. The van der Waals surface area contributed by atoms with Gasteiger partial charge in [0.25, 0.3) is 5.24 Å². The minimum Gasteiger partial charge on any atom is -0.332 e. The normalized spacial score (nSPS) is 19.1. The van der Waals surface area contributed by atoms with Gasteiger partial charge in [-0.15, -0.1) is 0 Å². The third-order valence-electron chi connectivity index (χ3n) is 4.79. The molecule has 0 saturated carbocycles. The standard InChI is InChI=1S/C18H25N3O4S2/c22-17(9-12-20-13-14-26-18(20)23)19-15-5-7-16(8-6-15)27(24,25)21-10-3-1-2-4-11-21/h5-8H,1-4,9-14H2,(H,19,22). The van der Waals surface area contributed by atoms with E-state index in [2.05, 4.69) is 5.32 Å². The molecular formula is C18H25N3O4S2. The Morgan fingerprint density at radius 2 is 1.70 bits per heavy atom. The van der Waals surface area contributed by atoms with Gasteiger partial charge in [0, 0.05) is 44.0 Å². The van der Waals surface area contributed by atoms with Crippen molar-refractivity contribution in [2.45, 2.75) is 37.0 Å². The fraction of sp³-hybridized carbons (Fsp3) is 0.556. The van der Waals surface area contributed by atoms with E-state index in [1.807, 2.05) is 0 Å². The molecule has 1 N–H and O–H groups in total. The molecule has 0 aliphatic carbocycles. The quantitative estimate of drug-likeness (QED) is 0.778. The topological polar surface area (TPSA) is 86.8 Å². The first-order valence-electron chi connectivity index (χ1n) is 9.28. The maximum Gasteiger partial charge on any atom is 0.281 e. The summed E-state index contributed by atoms with van der Waals surface area (Å²) in [4.78, 5) is 25.5. The average Bonchev–Trinajstić information content (AvgIpc) is 2.88. The minimum atomic E-state index is -3.48. The lowest BCUT2D eigenvalue weighted by atomic mass is 10.2. The summed E-state index contributed by atoms with van der Waals surface area (Å²) in [6, 6.07) is 6.30. The van der Waals surface area contributed by atoms with Crippen LogP contribution >= 0.6 is 11.8 Å². The summed E-state index contributed by atoms with van der Waals surface area (Å²) in [5, 5.41) is 2.78. The summed E-state index contributed by atoms with van der Waals surface area (Å²) < 4.78 is 27.1. The van der Waals surface area contributed by atoms with Crippen molar-refractivity contribution in [2.75, 3.05) is 37.2 Å². The zero-order valence-corrected chi connectivity index (χ0v) is 16.9. The zero-order chi connectivity index (χ0) is 19.3. The molecule has 2 heterocycles. The van der Waals surface area contributed by atoms with Crippen molar-refractivity contribution in [1.82, 2.24) is 9.21 Å². The van der Waals surface area contributed by atoms with Gasteiger partial charge in [0.05, 0.1) is 4.90 Å². The molecule has 2 aliphatic rings. The van der Waals surface area contributed by atoms with Crippen LogP contribution in [0.2, 0.25) is 0 Å². The van der Waals surface area contributed by atoms with Crippen LogP contribution in [0.4, 0.5) is 10.5 Å². The maximum absolute atomic E-state index is 12.8. The Morgan fingerprint density at radius 3 is 2.30 bits per heavy atom. The molecular weight excluding hydrogens is 386 g/mol. The second-order valence-electron chi connectivity index (χ2n) is 6.74. The van der Waals surface area contributed by atoms with Crippen molar-refractivity contribution in [3.8, 4) is 0 Å². The van der Waals surface area contributed by atoms with Crippen molar-refractivity contribution in [3.05, 3.63) is 24.3 Å². The van der Waals surface area contributed by atoms with Crippen LogP contribution in [-0.2, 0) is 14.8 Å². The van der Waals surface area contributed by atoms with Gasteiger partial charge in [0.2, 0.25) is 15.9 Å². The largest absolute Gasteiger partial charge is 0.332 e. The Labute approximate surface area is 164 Å². The van der Waals surface area contributed by atoms with E-state index in [-0.39, 0.29) is 22.5 Å². The van der Waals surface area contributed by atoms with Gasteiger partial charge in [-0.3, -0.25) is 9.59 Å². The second kappa shape index (κ2) is 9.07. The summed E-state index contributed by atoms with van der Waals surface area (Å²) in [5.74, 6) is 0.579. The van der Waals surface area contributed by atoms with E-state index in [0.29, 0.717) is 31.9 Å². The highest BCUT2D eigenvalue weighted by molar-refractivity contribution is 8.13. The Morgan fingerprint density at radius 1 is 1.04 bits per heavy atom. The van der Waals surface area contributed by atoms with Crippen molar-refractivity contribution in [3.63, 3.8) is 0 Å². The average molecular weight is 412 g/mol. The molecule has 1 aromatic rings. The molecule has 27 heavy (non-hydrogen) atoms. The summed E-state index contributed by atoms with van der Waals surface area (Å²) in [6.07, 6.45) is 4.15. The van der Waals surface area contributed by atoms with Gasteiger partial charge in [0.15, 0.2) is 0 Å². The van der Waals surface area contributed by atoms with Gasteiger partial charge in [0.1, 0.15) is 0 Å². The molecule has 3 rings (SSSR count). The van der Waals surface area contributed by atoms with E-state index in [4.69, 9.17) is 0 Å². The van der Waals surface area contributed by atoms with Gasteiger partial charge in [-0.1, -0.05) is 24.6 Å². The lowest BCUT2D eigenvalue weighted by Gasteiger charge is -2.20. The summed E-state index contributed by atoms with van der Waals surface area (Å²) >= 11 is 1.27. The summed E-state index contributed by atoms with van der Waals surface area (Å²) in [5.41, 5.74) is 0.553. The van der Waals surface area contributed by atoms with Gasteiger partial charge in [-0.2, -0.15) is 4.31 Å². The van der Waals surface area contributed by atoms with E-state index < -0.39 is 10.0 Å². The predicted molar refractivity (Wildman–Crippen MR) is 106 cm³/mol. The number of nitrogens with one attached hydrogen (secondary N) is 1. The maximum atomic E-state index is 12.8. The van der Waals surface area contributed by atoms with E-state index in [1.54, 1.807) is 21.3 Å². The molecule has 0 bridgehead atoms. The first-order chi connectivity index (χ1) is 13.0. The van der Waals surface area contributed by atoms with E-state index in [1.165, 1.54) is 23.9 Å². The van der Waals surface area contributed by atoms with Crippen LogP contribution in [0.1, 0.15) is 32.1 Å². The molecule has 2 saturated heterocycles. The van der Waals surface area contributed by atoms with Crippen LogP contribution in [0.25, 0.3) is 0 Å². The van der Waals surface area contributed by atoms with E-state index in [0.717, 1.165) is 31.4 Å². The van der Waals surface area contributed by atoms with Gasteiger partial charge in [-0.25, -0.2) is 8.42 Å². The number of rotatable bonds is 6. The van der Waals surface area contributed by atoms with Crippen LogP contribution < -0.4 is 5.32 Å². The molecule has 0 unspecified atom stereocenters. The lowest BCUT2D eigenvalue weighted by molar-refractivity contribution is -0.116. The van der Waals surface area contributed by atoms with Crippen molar-refractivity contribution in [2.24, 2.45) is 0 Å². The third-order valence-corrected chi connectivity index (χ3v) is 7.60. The van der Waals surface area contributed by atoms with Crippen LogP contribution in [0.5, 0.6) is 0 Å². The first-order valence-corrected chi connectivity index (χ1v) is 11.7. The molecule has 0 aromatic heterocycles. The number of sulfonamides is 1. The predicted octanol–water partition coefficient (Wildman–Crippen LogP) is 2.75. The molecule has 148 valence electrons. The number of thioether (sulfide) groups is 1. The van der Waals surface area contributed by atoms with Crippen molar-refractivity contribution < 1.29 is 18.0 Å². The molecule has 7 nitrogen and oxygen atoms in total. The van der Waals surface area contributed by atoms with E-state index >= 15 is 0 Å². The molecule has 2 fully saturated rings. The highest BCUT2D eigenvalue weighted by Gasteiger charge is 2.25. The number of hydrogen-bond acceptors (Lipinski definition) is 5. The molecule has 0 radical (unpaired) electrons. The van der Waals surface area contributed by atoms with Crippen molar-refractivity contribution in [1.29, 1.82) is 0 Å². The Hall–Kier alpha value is -1.58. The molecule has 1 aromatic carbocycles. The zero-order valence-electron chi connectivity index (χ0n) is 15.2. The number of anilines is 1. The highest BCUT2D eigenvalue weighted by atomic mass is 32.2. The SMILES string of the molecule is O=C(CCN1CCSC1=O)Nc1ccc(S(=O)(=O)N2CCCCCC2)cc1. The minimum absolute atomic E-state index is 0.0193. The number of carbonyl (C=O) groups is 2. The first kappa shape index (κ1) is 20.2. The van der Waals surface area contributed by atoms with Crippen LogP contribution in [0.15, 0.2) is 29.2 Å². The molecule has 0 atom stereocenters. The Kier molecular flexibility index (Phi) is 6.78. The lowest BCUT2D eigenvalue weighted by Crippen LogP contribution is -2.31. The van der Waals surface area contributed by atoms with Gasteiger partial charge in [-0.05, 0) is 37.1 Å². The number of benzene rings is 1. The van der Waals surface area contributed by atoms with Gasteiger partial charge >= 0.3 is 0 Å². The van der Waals surface area contributed by atoms with Gasteiger partial charge < -0.3 is 10.2 Å². The van der Waals surface area contributed by atoms with Crippen LogP contribution in [0.3, 0.4) is 0 Å². The second-order valence-corrected chi connectivity index (χ2v) is 9.73. The third kappa shape index (κ3) is 5.24.